The zero-order valence-electron chi connectivity index (χ0n) is 11.7. The highest BCUT2D eigenvalue weighted by molar-refractivity contribution is 8.32. The van der Waals surface area contributed by atoms with Crippen LogP contribution >= 0.6 is 10.0 Å². The zero-order chi connectivity index (χ0) is 14.0. The molecule has 6 nitrogen and oxygen atoms in total. The highest BCUT2D eigenvalue weighted by Crippen LogP contribution is 2.40. The maximum absolute atomic E-state index is 11.0. The van der Waals surface area contributed by atoms with Crippen LogP contribution in [-0.4, -0.2) is 45.8 Å². The highest BCUT2D eigenvalue weighted by atomic mass is 32.3. The molecular formula is C12H21N3O3S. The molecule has 1 heterocycles. The molecule has 1 saturated carbocycles. The first-order valence-electron chi connectivity index (χ1n) is 6.33. The summed E-state index contributed by atoms with van der Waals surface area (Å²) in [6.07, 6.45) is 8.83. The van der Waals surface area contributed by atoms with Crippen molar-refractivity contribution in [1.29, 1.82) is 0 Å². The maximum atomic E-state index is 11.0. The Kier molecular flexibility index (Phi) is 4.15. The van der Waals surface area contributed by atoms with Gasteiger partial charge < -0.3 is 14.9 Å². The van der Waals surface area contributed by atoms with E-state index in [2.05, 4.69) is 23.9 Å². The van der Waals surface area contributed by atoms with E-state index < -0.39 is 15.0 Å². The molecule has 1 aliphatic carbocycles. The molecule has 0 saturated heterocycles. The Morgan fingerprint density at radius 1 is 1.53 bits per heavy atom. The van der Waals surface area contributed by atoms with Crippen molar-refractivity contribution in [3.63, 3.8) is 0 Å². The van der Waals surface area contributed by atoms with Crippen LogP contribution in [0.1, 0.15) is 24.5 Å². The summed E-state index contributed by atoms with van der Waals surface area (Å²) in [4.78, 5) is 10.6. The monoisotopic (exact) mass is 287 g/mol. The first-order chi connectivity index (χ1) is 8.87. The summed E-state index contributed by atoms with van der Waals surface area (Å²) in [7, 11) is -0.592. The van der Waals surface area contributed by atoms with E-state index >= 15 is 0 Å². The lowest BCUT2D eigenvalue weighted by atomic mass is 10.3. The molecule has 1 aromatic heterocycles. The van der Waals surface area contributed by atoms with Gasteiger partial charge in [-0.15, -0.1) is 4.68 Å². The van der Waals surface area contributed by atoms with E-state index in [-0.39, 0.29) is 12.5 Å². The molecule has 2 rings (SSSR count). The van der Waals surface area contributed by atoms with Crippen molar-refractivity contribution in [2.45, 2.75) is 25.5 Å². The summed E-state index contributed by atoms with van der Waals surface area (Å²) in [6.45, 7) is 0.785. The van der Waals surface area contributed by atoms with Gasteiger partial charge in [-0.2, -0.15) is 0 Å². The lowest BCUT2D eigenvalue weighted by Crippen LogP contribution is -2.12. The van der Waals surface area contributed by atoms with Crippen molar-refractivity contribution in [1.82, 2.24) is 9.78 Å². The van der Waals surface area contributed by atoms with Gasteiger partial charge in [-0.3, -0.25) is 0 Å². The first-order valence-corrected chi connectivity index (χ1v) is 9.35. The molecule has 0 aliphatic heterocycles. The van der Waals surface area contributed by atoms with Gasteiger partial charge in [-0.1, -0.05) is 5.10 Å². The first kappa shape index (κ1) is 14.3. The molecule has 108 valence electrons. The molecule has 0 spiro atoms. The molecule has 0 N–H and O–H groups in total. The van der Waals surface area contributed by atoms with Crippen LogP contribution in [0, 0.1) is 10.1 Å². The number of ether oxygens (including phenoxy) is 1. The van der Waals surface area contributed by atoms with E-state index in [9.17, 15) is 10.1 Å². The third-order valence-electron chi connectivity index (χ3n) is 3.01. The van der Waals surface area contributed by atoms with Crippen molar-refractivity contribution in [3.05, 3.63) is 21.9 Å². The van der Waals surface area contributed by atoms with Gasteiger partial charge in [0.2, 0.25) is 6.73 Å². The number of hydrogen-bond acceptors (Lipinski definition) is 4. The van der Waals surface area contributed by atoms with E-state index in [1.165, 1.54) is 4.68 Å². The minimum atomic E-state index is -0.592. The third kappa shape index (κ3) is 4.21. The lowest BCUT2D eigenvalue weighted by Gasteiger charge is -2.24. The van der Waals surface area contributed by atoms with Gasteiger partial charge in [0.1, 0.15) is 0 Å². The quantitative estimate of drug-likeness (QED) is 0.438. The number of nitrogens with zero attached hydrogens (tertiary/aromatic N) is 3. The minimum absolute atomic E-state index is 0.0324. The van der Waals surface area contributed by atoms with Crippen molar-refractivity contribution >= 4 is 15.8 Å². The lowest BCUT2D eigenvalue weighted by molar-refractivity contribution is -0.393. The Hall–Kier alpha value is -1.08. The largest absolute Gasteiger partial charge is 0.358 e. The average molecular weight is 287 g/mol. The summed E-state index contributed by atoms with van der Waals surface area (Å²) in [5.74, 6) is 1.45. The fourth-order valence-electron chi connectivity index (χ4n) is 1.71. The van der Waals surface area contributed by atoms with Gasteiger partial charge in [0, 0.05) is 11.7 Å². The van der Waals surface area contributed by atoms with Crippen LogP contribution in [-0.2, 0) is 11.5 Å². The summed E-state index contributed by atoms with van der Waals surface area (Å²) >= 11 is 0. The van der Waals surface area contributed by atoms with Gasteiger partial charge in [0.15, 0.2) is 0 Å². The van der Waals surface area contributed by atoms with Gasteiger partial charge in [0.25, 0.3) is 0 Å². The van der Waals surface area contributed by atoms with Crippen molar-refractivity contribution < 1.29 is 9.66 Å². The van der Waals surface area contributed by atoms with E-state index in [0.29, 0.717) is 12.5 Å². The summed E-state index contributed by atoms with van der Waals surface area (Å²) in [6, 6.07) is 1.58. The molecule has 0 bridgehead atoms. The Bertz CT molecular complexity index is 463. The second kappa shape index (κ2) is 5.50. The molecule has 0 unspecified atom stereocenters. The Labute approximate surface area is 114 Å². The molecule has 0 atom stereocenters. The summed E-state index contributed by atoms with van der Waals surface area (Å²) < 4.78 is 6.88. The molecule has 0 aromatic carbocycles. The second-order valence-corrected chi connectivity index (χ2v) is 10.4. The minimum Gasteiger partial charge on any atom is -0.358 e. The zero-order valence-corrected chi connectivity index (χ0v) is 12.5. The van der Waals surface area contributed by atoms with Crippen LogP contribution in [0.2, 0.25) is 0 Å². The highest BCUT2D eigenvalue weighted by Gasteiger charge is 2.30. The van der Waals surface area contributed by atoms with Crippen LogP contribution in [0.4, 0.5) is 5.82 Å². The van der Waals surface area contributed by atoms with E-state index in [0.717, 1.165) is 24.3 Å². The SMILES string of the molecule is CS(C)(C)CCOCn1nc(C2CC2)cc1[N+](=O)[O-]. The molecule has 1 fully saturated rings. The van der Waals surface area contributed by atoms with Crippen LogP contribution in [0.25, 0.3) is 0 Å². The van der Waals surface area contributed by atoms with Crippen molar-refractivity contribution in [3.8, 4) is 0 Å². The number of hydrogen-bond donors (Lipinski definition) is 0. The van der Waals surface area contributed by atoms with Gasteiger partial charge in [-0.25, -0.2) is 10.0 Å². The van der Waals surface area contributed by atoms with E-state index in [4.69, 9.17) is 4.74 Å². The van der Waals surface area contributed by atoms with Crippen molar-refractivity contribution in [2.24, 2.45) is 0 Å². The molecule has 1 aliphatic rings. The molecule has 19 heavy (non-hydrogen) atoms. The van der Waals surface area contributed by atoms with Crippen molar-refractivity contribution in [2.75, 3.05) is 31.1 Å². The molecular weight excluding hydrogens is 266 g/mol. The number of aromatic nitrogens is 2. The topological polar surface area (TPSA) is 70.2 Å². The van der Waals surface area contributed by atoms with Crippen LogP contribution < -0.4 is 0 Å². The number of nitro groups is 1. The smallest absolute Gasteiger partial charge is 0.347 e. The summed E-state index contributed by atoms with van der Waals surface area (Å²) in [5.41, 5.74) is 0.830. The molecule has 7 heteroatoms. The predicted molar refractivity (Wildman–Crippen MR) is 77.0 cm³/mol. The summed E-state index contributed by atoms with van der Waals surface area (Å²) in [5, 5.41) is 15.2. The maximum Gasteiger partial charge on any atom is 0.347 e. The van der Waals surface area contributed by atoms with Gasteiger partial charge >= 0.3 is 5.82 Å². The van der Waals surface area contributed by atoms with Crippen LogP contribution in [0.5, 0.6) is 0 Å². The standard InChI is InChI=1S/C12H21N3O3S/c1-19(2,3)7-6-18-9-14-12(15(16)17)8-11(13-14)10-4-5-10/h8,10H,4-7,9H2,1-3H3. The Balaban J connectivity index is 1.93. The number of rotatable bonds is 7. The van der Waals surface area contributed by atoms with E-state index in [1.807, 2.05) is 0 Å². The average Bonchev–Trinajstić information content (AvgIpc) is 3.04. The fraction of sp³-hybridized carbons (Fsp3) is 0.750. The fourth-order valence-corrected chi connectivity index (χ4v) is 2.32. The van der Waals surface area contributed by atoms with Crippen LogP contribution in [0.15, 0.2) is 6.07 Å². The third-order valence-corrected chi connectivity index (χ3v) is 4.41. The van der Waals surface area contributed by atoms with E-state index in [1.54, 1.807) is 6.07 Å². The van der Waals surface area contributed by atoms with Gasteiger partial charge in [-0.05, 0) is 36.5 Å². The second-order valence-electron chi connectivity index (χ2n) is 5.79. The molecule has 1 aromatic rings. The predicted octanol–water partition coefficient (Wildman–Crippen LogP) is 2.34. The van der Waals surface area contributed by atoms with Gasteiger partial charge in [0.05, 0.1) is 18.4 Å². The molecule has 0 radical (unpaired) electrons. The Morgan fingerprint density at radius 3 is 2.74 bits per heavy atom. The Morgan fingerprint density at radius 2 is 2.21 bits per heavy atom. The normalized spacial score (nSPS) is 16.6. The van der Waals surface area contributed by atoms with Crippen LogP contribution in [0.3, 0.4) is 0 Å². The molecule has 0 amide bonds.